The topological polar surface area (TPSA) is 67.8 Å². The average molecular weight is 334 g/mol. The summed E-state index contributed by atoms with van der Waals surface area (Å²) in [6, 6.07) is 3.98. The lowest BCUT2D eigenvalue weighted by atomic mass is 10.3. The van der Waals surface area contributed by atoms with Gasteiger partial charge >= 0.3 is 0 Å². The molecule has 2 N–H and O–H groups in total. The molecule has 0 saturated heterocycles. The van der Waals surface area contributed by atoms with Gasteiger partial charge in [-0.15, -0.1) is 0 Å². The highest BCUT2D eigenvalue weighted by atomic mass is 16.5. The van der Waals surface area contributed by atoms with Crippen molar-refractivity contribution in [2.45, 2.75) is 52.2 Å². The molecule has 1 heterocycles. The lowest BCUT2D eigenvalue weighted by Gasteiger charge is -2.12. The Bertz CT molecular complexity index is 484. The van der Waals surface area contributed by atoms with Gasteiger partial charge in [0.1, 0.15) is 6.10 Å². The van der Waals surface area contributed by atoms with Gasteiger partial charge in [0, 0.05) is 32.0 Å². The third-order valence-electron chi connectivity index (χ3n) is 3.89. The van der Waals surface area contributed by atoms with Crippen molar-refractivity contribution in [3.05, 3.63) is 23.9 Å². The van der Waals surface area contributed by atoms with Crippen LogP contribution >= 0.6 is 0 Å². The van der Waals surface area contributed by atoms with Crippen molar-refractivity contribution in [2.75, 3.05) is 26.3 Å². The molecule has 0 aliphatic heterocycles. The minimum atomic E-state index is 0.344. The zero-order chi connectivity index (χ0) is 17.0. The van der Waals surface area contributed by atoms with Crippen molar-refractivity contribution >= 4 is 5.96 Å². The maximum absolute atomic E-state index is 5.89. The van der Waals surface area contributed by atoms with Gasteiger partial charge in [-0.25, -0.2) is 9.98 Å². The fourth-order valence-electron chi connectivity index (χ4n) is 2.65. The van der Waals surface area contributed by atoms with E-state index in [-0.39, 0.29) is 0 Å². The standard InChI is InChI=1S/C18H30N4O2/c1-3-19-18(20-11-12-23-4-2)22-14-15-9-10-17(21-13-15)24-16-7-5-6-8-16/h9-10,13,16H,3-8,11-12,14H2,1-2H3,(H2,19,20,22). The molecule has 0 aromatic carbocycles. The van der Waals surface area contributed by atoms with Crippen molar-refractivity contribution in [3.63, 3.8) is 0 Å². The first-order chi connectivity index (χ1) is 11.8. The van der Waals surface area contributed by atoms with Crippen LogP contribution in [0.15, 0.2) is 23.3 Å². The summed E-state index contributed by atoms with van der Waals surface area (Å²) < 4.78 is 11.2. The Balaban J connectivity index is 1.80. The summed E-state index contributed by atoms with van der Waals surface area (Å²) in [7, 11) is 0. The summed E-state index contributed by atoms with van der Waals surface area (Å²) in [6.07, 6.45) is 7.01. The summed E-state index contributed by atoms with van der Waals surface area (Å²) >= 11 is 0. The van der Waals surface area contributed by atoms with Crippen LogP contribution < -0.4 is 15.4 Å². The van der Waals surface area contributed by atoms with E-state index in [2.05, 4.69) is 27.5 Å². The summed E-state index contributed by atoms with van der Waals surface area (Å²) in [5, 5.41) is 6.48. The molecule has 1 saturated carbocycles. The number of nitrogens with zero attached hydrogens (tertiary/aromatic N) is 2. The fraction of sp³-hybridized carbons (Fsp3) is 0.667. The van der Waals surface area contributed by atoms with Crippen LogP contribution in [-0.2, 0) is 11.3 Å². The second-order valence-corrected chi connectivity index (χ2v) is 5.85. The van der Waals surface area contributed by atoms with E-state index in [9.17, 15) is 0 Å². The van der Waals surface area contributed by atoms with E-state index in [4.69, 9.17) is 9.47 Å². The zero-order valence-corrected chi connectivity index (χ0v) is 14.9. The molecule has 24 heavy (non-hydrogen) atoms. The van der Waals surface area contributed by atoms with Gasteiger partial charge in [-0.2, -0.15) is 0 Å². The van der Waals surface area contributed by atoms with Crippen LogP contribution in [0.2, 0.25) is 0 Å². The van der Waals surface area contributed by atoms with E-state index >= 15 is 0 Å². The number of nitrogens with one attached hydrogen (secondary N) is 2. The number of pyridine rings is 1. The lowest BCUT2D eigenvalue weighted by molar-refractivity contribution is 0.152. The molecule has 1 aliphatic carbocycles. The SMILES string of the molecule is CCNC(=NCc1ccc(OC2CCCC2)nc1)NCCOCC. The molecule has 1 aromatic heterocycles. The second-order valence-electron chi connectivity index (χ2n) is 5.85. The van der Waals surface area contributed by atoms with Gasteiger partial charge in [0.05, 0.1) is 13.2 Å². The molecule has 2 rings (SSSR count). The number of aliphatic imine (C=N–C) groups is 1. The fourth-order valence-corrected chi connectivity index (χ4v) is 2.65. The van der Waals surface area contributed by atoms with Crippen molar-refractivity contribution in [1.82, 2.24) is 15.6 Å². The molecule has 6 nitrogen and oxygen atoms in total. The third kappa shape index (κ3) is 6.74. The quantitative estimate of drug-likeness (QED) is 0.413. The second kappa shape index (κ2) is 10.9. The first-order valence-corrected chi connectivity index (χ1v) is 9.03. The Hall–Kier alpha value is -1.82. The highest BCUT2D eigenvalue weighted by Gasteiger charge is 2.16. The number of hydrogen-bond acceptors (Lipinski definition) is 4. The highest BCUT2D eigenvalue weighted by molar-refractivity contribution is 5.79. The van der Waals surface area contributed by atoms with Crippen LogP contribution in [0.1, 0.15) is 45.1 Å². The molecular formula is C18H30N4O2. The van der Waals surface area contributed by atoms with Gasteiger partial charge < -0.3 is 20.1 Å². The number of hydrogen-bond donors (Lipinski definition) is 2. The van der Waals surface area contributed by atoms with E-state index < -0.39 is 0 Å². The monoisotopic (exact) mass is 334 g/mol. The summed E-state index contributed by atoms with van der Waals surface area (Å²) in [4.78, 5) is 8.97. The average Bonchev–Trinajstić information content (AvgIpc) is 3.11. The molecule has 134 valence electrons. The van der Waals surface area contributed by atoms with Crippen molar-refractivity contribution in [1.29, 1.82) is 0 Å². The summed E-state index contributed by atoms with van der Waals surface area (Å²) in [5.41, 5.74) is 1.07. The Kier molecular flexibility index (Phi) is 8.38. The smallest absolute Gasteiger partial charge is 0.213 e. The van der Waals surface area contributed by atoms with Crippen LogP contribution in [0.3, 0.4) is 0 Å². The summed E-state index contributed by atoms with van der Waals surface area (Å²) in [6.45, 7) is 7.61. The third-order valence-corrected chi connectivity index (χ3v) is 3.89. The molecule has 0 spiro atoms. The Labute approximate surface area is 145 Å². The van der Waals surface area contributed by atoms with Crippen molar-refractivity contribution in [3.8, 4) is 5.88 Å². The van der Waals surface area contributed by atoms with E-state index in [0.717, 1.165) is 49.9 Å². The Morgan fingerprint density at radius 3 is 2.75 bits per heavy atom. The van der Waals surface area contributed by atoms with Crippen LogP contribution in [0.4, 0.5) is 0 Å². The Morgan fingerprint density at radius 2 is 2.08 bits per heavy atom. The molecule has 1 aliphatic rings. The van der Waals surface area contributed by atoms with Crippen LogP contribution in [-0.4, -0.2) is 43.4 Å². The van der Waals surface area contributed by atoms with E-state index in [1.807, 2.05) is 25.3 Å². The molecule has 6 heteroatoms. The first kappa shape index (κ1) is 18.5. The molecule has 1 fully saturated rings. The van der Waals surface area contributed by atoms with Crippen molar-refractivity contribution in [2.24, 2.45) is 4.99 Å². The predicted molar refractivity (Wildman–Crippen MR) is 96.4 cm³/mol. The van der Waals surface area contributed by atoms with Gasteiger partial charge in [0.25, 0.3) is 0 Å². The predicted octanol–water partition coefficient (Wildman–Crippen LogP) is 2.49. The molecule has 0 unspecified atom stereocenters. The van der Waals surface area contributed by atoms with Gasteiger partial charge in [0.15, 0.2) is 5.96 Å². The van der Waals surface area contributed by atoms with Crippen molar-refractivity contribution < 1.29 is 9.47 Å². The Morgan fingerprint density at radius 1 is 1.25 bits per heavy atom. The summed E-state index contributed by atoms with van der Waals surface area (Å²) in [5.74, 6) is 1.51. The largest absolute Gasteiger partial charge is 0.474 e. The maximum atomic E-state index is 5.89. The van der Waals surface area contributed by atoms with E-state index in [0.29, 0.717) is 19.3 Å². The van der Waals surface area contributed by atoms with Gasteiger partial charge in [0.2, 0.25) is 5.88 Å². The molecule has 0 amide bonds. The van der Waals surface area contributed by atoms with Gasteiger partial charge in [-0.1, -0.05) is 6.07 Å². The number of aromatic nitrogens is 1. The zero-order valence-electron chi connectivity index (χ0n) is 14.9. The number of guanidine groups is 1. The normalized spacial score (nSPS) is 15.5. The number of ether oxygens (including phenoxy) is 2. The van der Waals surface area contributed by atoms with Crippen LogP contribution in [0, 0.1) is 0 Å². The van der Waals surface area contributed by atoms with E-state index in [1.165, 1.54) is 12.8 Å². The first-order valence-electron chi connectivity index (χ1n) is 9.03. The van der Waals surface area contributed by atoms with Crippen LogP contribution in [0.25, 0.3) is 0 Å². The maximum Gasteiger partial charge on any atom is 0.213 e. The molecular weight excluding hydrogens is 304 g/mol. The van der Waals surface area contributed by atoms with Gasteiger partial charge in [-0.3, -0.25) is 0 Å². The number of rotatable bonds is 9. The minimum absolute atomic E-state index is 0.344. The molecule has 0 bridgehead atoms. The van der Waals surface area contributed by atoms with E-state index in [1.54, 1.807) is 0 Å². The van der Waals surface area contributed by atoms with Crippen LogP contribution in [0.5, 0.6) is 5.88 Å². The van der Waals surface area contributed by atoms with Gasteiger partial charge in [-0.05, 0) is 45.1 Å². The molecule has 0 radical (unpaired) electrons. The highest BCUT2D eigenvalue weighted by Crippen LogP contribution is 2.22. The minimum Gasteiger partial charge on any atom is -0.474 e. The molecule has 0 atom stereocenters. The molecule has 1 aromatic rings. The lowest BCUT2D eigenvalue weighted by Crippen LogP contribution is -2.39.